The molecule has 1 aromatic heterocycles. The van der Waals surface area contributed by atoms with Crippen molar-refractivity contribution in [2.75, 3.05) is 0 Å². The molecule has 1 atom stereocenters. The standard InChI is InChI=1S/C11H14N2OS/c1-8(11(14)13-9-5-6-9)15-10-4-2-3-7-12-10/h2-4,7-9H,5-6H2,1H3,(H,13,14)/t8-/m0/s1. The number of hydrogen-bond acceptors (Lipinski definition) is 3. The van der Waals surface area contributed by atoms with Gasteiger partial charge in [-0.1, -0.05) is 17.8 Å². The number of carbonyl (C=O) groups excluding carboxylic acids is 1. The molecule has 1 fully saturated rings. The lowest BCUT2D eigenvalue weighted by Gasteiger charge is -2.10. The van der Waals surface area contributed by atoms with Gasteiger partial charge in [0.15, 0.2) is 0 Å². The topological polar surface area (TPSA) is 42.0 Å². The Labute approximate surface area is 93.7 Å². The molecule has 15 heavy (non-hydrogen) atoms. The molecule has 0 aliphatic heterocycles. The maximum absolute atomic E-state index is 11.6. The van der Waals surface area contributed by atoms with Gasteiger partial charge < -0.3 is 5.32 Å². The molecule has 1 saturated carbocycles. The summed E-state index contributed by atoms with van der Waals surface area (Å²) in [4.78, 5) is 15.8. The highest BCUT2D eigenvalue weighted by atomic mass is 32.2. The summed E-state index contributed by atoms with van der Waals surface area (Å²) in [5.41, 5.74) is 0. The molecule has 80 valence electrons. The summed E-state index contributed by atoms with van der Waals surface area (Å²) in [5, 5.41) is 3.82. The molecule has 1 heterocycles. The van der Waals surface area contributed by atoms with Crippen LogP contribution in [0.4, 0.5) is 0 Å². The zero-order chi connectivity index (χ0) is 10.7. The van der Waals surface area contributed by atoms with E-state index in [-0.39, 0.29) is 11.2 Å². The third-order valence-electron chi connectivity index (χ3n) is 2.23. The zero-order valence-corrected chi connectivity index (χ0v) is 9.46. The van der Waals surface area contributed by atoms with E-state index in [0.29, 0.717) is 6.04 Å². The number of thioether (sulfide) groups is 1. The fourth-order valence-electron chi connectivity index (χ4n) is 1.20. The Morgan fingerprint density at radius 2 is 2.40 bits per heavy atom. The quantitative estimate of drug-likeness (QED) is 0.790. The van der Waals surface area contributed by atoms with Crippen molar-refractivity contribution in [2.45, 2.75) is 36.1 Å². The van der Waals surface area contributed by atoms with E-state index < -0.39 is 0 Å². The van der Waals surface area contributed by atoms with E-state index in [2.05, 4.69) is 10.3 Å². The van der Waals surface area contributed by atoms with Gasteiger partial charge in [0, 0.05) is 12.2 Å². The largest absolute Gasteiger partial charge is 0.352 e. The normalized spacial score (nSPS) is 17.1. The maximum atomic E-state index is 11.6. The first kappa shape index (κ1) is 10.5. The van der Waals surface area contributed by atoms with Crippen molar-refractivity contribution in [1.82, 2.24) is 10.3 Å². The molecule has 0 bridgehead atoms. The van der Waals surface area contributed by atoms with Gasteiger partial charge in [0.1, 0.15) is 0 Å². The van der Waals surface area contributed by atoms with Crippen LogP contribution in [0.3, 0.4) is 0 Å². The highest BCUT2D eigenvalue weighted by molar-refractivity contribution is 8.00. The molecule has 4 heteroatoms. The van der Waals surface area contributed by atoms with Gasteiger partial charge in [0.25, 0.3) is 0 Å². The van der Waals surface area contributed by atoms with E-state index >= 15 is 0 Å². The molecule has 1 N–H and O–H groups in total. The van der Waals surface area contributed by atoms with Crippen LogP contribution in [-0.2, 0) is 4.79 Å². The first-order valence-electron chi connectivity index (χ1n) is 5.14. The van der Waals surface area contributed by atoms with E-state index in [1.54, 1.807) is 6.20 Å². The van der Waals surface area contributed by atoms with Crippen LogP contribution in [0.25, 0.3) is 0 Å². The van der Waals surface area contributed by atoms with Crippen LogP contribution < -0.4 is 5.32 Å². The van der Waals surface area contributed by atoms with Crippen molar-refractivity contribution in [3.63, 3.8) is 0 Å². The molecular formula is C11H14N2OS. The van der Waals surface area contributed by atoms with Crippen molar-refractivity contribution in [2.24, 2.45) is 0 Å². The van der Waals surface area contributed by atoms with E-state index in [9.17, 15) is 4.79 Å². The lowest BCUT2D eigenvalue weighted by molar-refractivity contribution is -0.120. The first-order valence-corrected chi connectivity index (χ1v) is 6.02. The van der Waals surface area contributed by atoms with E-state index in [1.165, 1.54) is 11.8 Å². The Morgan fingerprint density at radius 3 is 3.00 bits per heavy atom. The Morgan fingerprint density at radius 1 is 1.60 bits per heavy atom. The Kier molecular flexibility index (Phi) is 3.26. The second kappa shape index (κ2) is 4.66. The summed E-state index contributed by atoms with van der Waals surface area (Å²) >= 11 is 1.50. The van der Waals surface area contributed by atoms with Gasteiger partial charge in [-0.25, -0.2) is 4.98 Å². The van der Waals surface area contributed by atoms with Crippen molar-refractivity contribution in [3.05, 3.63) is 24.4 Å². The van der Waals surface area contributed by atoms with Crippen LogP contribution in [0.5, 0.6) is 0 Å². The van der Waals surface area contributed by atoms with Crippen molar-refractivity contribution in [1.29, 1.82) is 0 Å². The van der Waals surface area contributed by atoms with Crippen molar-refractivity contribution >= 4 is 17.7 Å². The Hall–Kier alpha value is -1.03. The number of pyridine rings is 1. The molecule has 0 unspecified atom stereocenters. The smallest absolute Gasteiger partial charge is 0.233 e. The maximum Gasteiger partial charge on any atom is 0.233 e. The van der Waals surface area contributed by atoms with E-state index in [1.807, 2.05) is 25.1 Å². The third kappa shape index (κ3) is 3.23. The van der Waals surface area contributed by atoms with Gasteiger partial charge in [-0.05, 0) is 31.9 Å². The Bertz CT molecular complexity index is 338. The minimum atomic E-state index is -0.0690. The van der Waals surface area contributed by atoms with Gasteiger partial charge in [-0.15, -0.1) is 0 Å². The van der Waals surface area contributed by atoms with E-state index in [4.69, 9.17) is 0 Å². The summed E-state index contributed by atoms with van der Waals surface area (Å²) in [6, 6.07) is 6.16. The monoisotopic (exact) mass is 222 g/mol. The van der Waals surface area contributed by atoms with Crippen molar-refractivity contribution < 1.29 is 4.79 Å². The van der Waals surface area contributed by atoms with Gasteiger partial charge in [0.05, 0.1) is 10.3 Å². The predicted octanol–water partition coefficient (Wildman–Crippen LogP) is 1.84. The first-order chi connectivity index (χ1) is 7.25. The predicted molar refractivity (Wildman–Crippen MR) is 60.7 cm³/mol. The molecule has 0 spiro atoms. The van der Waals surface area contributed by atoms with Gasteiger partial charge in [0.2, 0.25) is 5.91 Å². The summed E-state index contributed by atoms with van der Waals surface area (Å²) in [6.07, 6.45) is 4.01. The van der Waals surface area contributed by atoms with Gasteiger partial charge >= 0.3 is 0 Å². The van der Waals surface area contributed by atoms with Gasteiger partial charge in [-0.2, -0.15) is 0 Å². The fourth-order valence-corrected chi connectivity index (χ4v) is 2.01. The molecule has 2 rings (SSSR count). The molecule has 1 aliphatic rings. The highest BCUT2D eigenvalue weighted by Crippen LogP contribution is 2.23. The second-order valence-electron chi connectivity index (χ2n) is 3.71. The van der Waals surface area contributed by atoms with E-state index in [0.717, 1.165) is 17.9 Å². The zero-order valence-electron chi connectivity index (χ0n) is 8.64. The fraction of sp³-hybridized carbons (Fsp3) is 0.455. The highest BCUT2D eigenvalue weighted by Gasteiger charge is 2.25. The number of amides is 1. The van der Waals surface area contributed by atoms with Crippen LogP contribution in [0.2, 0.25) is 0 Å². The summed E-state index contributed by atoms with van der Waals surface area (Å²) in [6.45, 7) is 1.91. The van der Waals surface area contributed by atoms with Crippen LogP contribution in [0.15, 0.2) is 29.4 Å². The number of nitrogens with zero attached hydrogens (tertiary/aromatic N) is 1. The average Bonchev–Trinajstić information content (AvgIpc) is 3.03. The SMILES string of the molecule is C[C@H](Sc1ccccn1)C(=O)NC1CC1. The average molecular weight is 222 g/mol. The lowest BCUT2D eigenvalue weighted by Crippen LogP contribution is -2.32. The number of aromatic nitrogens is 1. The van der Waals surface area contributed by atoms with Crippen molar-refractivity contribution in [3.8, 4) is 0 Å². The molecule has 1 amide bonds. The molecule has 1 aliphatic carbocycles. The summed E-state index contributed by atoms with van der Waals surface area (Å²) < 4.78 is 0. The minimum Gasteiger partial charge on any atom is -0.352 e. The number of hydrogen-bond donors (Lipinski definition) is 1. The number of rotatable bonds is 4. The van der Waals surface area contributed by atoms with Crippen LogP contribution in [0.1, 0.15) is 19.8 Å². The minimum absolute atomic E-state index is 0.0690. The van der Waals surface area contributed by atoms with Gasteiger partial charge in [-0.3, -0.25) is 4.79 Å². The number of carbonyl (C=O) groups is 1. The molecule has 0 aromatic carbocycles. The molecule has 3 nitrogen and oxygen atoms in total. The number of nitrogens with one attached hydrogen (secondary N) is 1. The second-order valence-corrected chi connectivity index (χ2v) is 5.07. The van der Waals surface area contributed by atoms with Crippen LogP contribution in [0, 0.1) is 0 Å². The third-order valence-corrected chi connectivity index (χ3v) is 3.28. The molecule has 0 saturated heterocycles. The van der Waals surface area contributed by atoms with Crippen LogP contribution >= 0.6 is 11.8 Å². The Balaban J connectivity index is 1.85. The van der Waals surface area contributed by atoms with Crippen LogP contribution in [-0.4, -0.2) is 22.2 Å². The molecule has 0 radical (unpaired) electrons. The summed E-state index contributed by atoms with van der Waals surface area (Å²) in [5.74, 6) is 0.119. The molecule has 1 aromatic rings. The molecular weight excluding hydrogens is 208 g/mol. The lowest BCUT2D eigenvalue weighted by atomic mass is 10.4. The summed E-state index contributed by atoms with van der Waals surface area (Å²) in [7, 11) is 0.